The molecule has 0 saturated carbocycles. The number of hydrogen-bond acceptors (Lipinski definition) is 3. The topological polar surface area (TPSA) is 38.3 Å². The van der Waals surface area contributed by atoms with Gasteiger partial charge in [-0.1, -0.05) is 0 Å². The van der Waals surface area contributed by atoms with Gasteiger partial charge in [-0.3, -0.25) is 0 Å². The van der Waals surface area contributed by atoms with Crippen LogP contribution in [-0.2, 0) is 9.53 Å². The molecule has 64 valence electrons. The van der Waals surface area contributed by atoms with Gasteiger partial charge in [0.15, 0.2) is 0 Å². The van der Waals surface area contributed by atoms with Gasteiger partial charge in [-0.05, 0) is 31.8 Å². The number of aldehydes is 1. The number of rotatable bonds is 3. The predicted octanol–water partition coefficient (Wildman–Crippen LogP) is 0.200. The van der Waals surface area contributed by atoms with Crippen molar-refractivity contribution >= 4 is 6.29 Å². The van der Waals surface area contributed by atoms with Gasteiger partial charge in [0.1, 0.15) is 12.4 Å². The average Bonchev–Trinajstić information content (AvgIpc) is 2.09. The van der Waals surface area contributed by atoms with Gasteiger partial charge < -0.3 is 14.8 Å². The molecule has 1 N–H and O–H groups in total. The molecule has 1 unspecified atom stereocenters. The lowest BCUT2D eigenvalue weighted by Crippen LogP contribution is -2.35. The average molecular weight is 157 g/mol. The smallest absolute Gasteiger partial charge is 0.149 e. The maximum atomic E-state index is 10.5. The molecular formula is C8H15NO2. The zero-order chi connectivity index (χ0) is 8.10. The maximum Gasteiger partial charge on any atom is 0.149 e. The summed E-state index contributed by atoms with van der Waals surface area (Å²) in [5.41, 5.74) is 0. The molecule has 3 nitrogen and oxygen atoms in total. The van der Waals surface area contributed by atoms with E-state index in [0.717, 1.165) is 32.2 Å². The lowest BCUT2D eigenvalue weighted by Gasteiger charge is -2.25. The third kappa shape index (κ3) is 2.27. The van der Waals surface area contributed by atoms with Crippen LogP contribution in [0.1, 0.15) is 12.8 Å². The molecule has 1 saturated heterocycles. The largest absolute Gasteiger partial charge is 0.374 e. The van der Waals surface area contributed by atoms with Gasteiger partial charge in [0.2, 0.25) is 0 Å². The molecule has 1 fully saturated rings. The monoisotopic (exact) mass is 157 g/mol. The number of methoxy groups -OCH3 is 1. The number of piperidine rings is 1. The number of nitrogens with one attached hydrogen (secondary N) is 1. The highest BCUT2D eigenvalue weighted by Gasteiger charge is 2.22. The van der Waals surface area contributed by atoms with E-state index in [4.69, 9.17) is 4.74 Å². The van der Waals surface area contributed by atoms with Crippen molar-refractivity contribution in [1.29, 1.82) is 0 Å². The van der Waals surface area contributed by atoms with Crippen molar-refractivity contribution in [2.45, 2.75) is 18.9 Å². The molecule has 1 atom stereocenters. The van der Waals surface area contributed by atoms with Gasteiger partial charge >= 0.3 is 0 Å². The molecule has 1 rings (SSSR count). The second-order valence-corrected chi connectivity index (χ2v) is 2.92. The van der Waals surface area contributed by atoms with Crippen LogP contribution in [0.2, 0.25) is 0 Å². The molecular weight excluding hydrogens is 142 g/mol. The van der Waals surface area contributed by atoms with E-state index in [1.807, 2.05) is 0 Å². The first-order valence-electron chi connectivity index (χ1n) is 4.07. The van der Waals surface area contributed by atoms with E-state index in [-0.39, 0.29) is 6.10 Å². The number of ether oxygens (including phenoxy) is 1. The molecule has 0 radical (unpaired) electrons. The Labute approximate surface area is 67.1 Å². The van der Waals surface area contributed by atoms with E-state index in [0.29, 0.717) is 5.92 Å². The van der Waals surface area contributed by atoms with Crippen LogP contribution in [0.4, 0.5) is 0 Å². The summed E-state index contributed by atoms with van der Waals surface area (Å²) < 4.78 is 5.04. The van der Waals surface area contributed by atoms with E-state index >= 15 is 0 Å². The van der Waals surface area contributed by atoms with Gasteiger partial charge in [0.25, 0.3) is 0 Å². The molecule has 0 amide bonds. The molecule has 0 aromatic carbocycles. The van der Waals surface area contributed by atoms with Crippen molar-refractivity contribution in [2.24, 2.45) is 5.92 Å². The summed E-state index contributed by atoms with van der Waals surface area (Å²) in [4.78, 5) is 10.5. The number of hydrogen-bond donors (Lipinski definition) is 1. The first-order valence-corrected chi connectivity index (χ1v) is 4.07. The molecule has 0 aromatic heterocycles. The molecule has 1 aliphatic heterocycles. The Kier molecular flexibility index (Phi) is 3.52. The van der Waals surface area contributed by atoms with Crippen LogP contribution in [0.15, 0.2) is 0 Å². The highest BCUT2D eigenvalue weighted by atomic mass is 16.5. The zero-order valence-corrected chi connectivity index (χ0v) is 6.88. The predicted molar refractivity (Wildman–Crippen MR) is 42.5 cm³/mol. The summed E-state index contributed by atoms with van der Waals surface area (Å²) in [6.45, 7) is 2.02. The fourth-order valence-corrected chi connectivity index (χ4v) is 1.53. The van der Waals surface area contributed by atoms with E-state index < -0.39 is 0 Å². The van der Waals surface area contributed by atoms with Crippen molar-refractivity contribution in [2.75, 3.05) is 20.2 Å². The molecule has 3 heteroatoms. The molecule has 1 heterocycles. The third-order valence-electron chi connectivity index (χ3n) is 2.25. The van der Waals surface area contributed by atoms with Gasteiger partial charge in [-0.2, -0.15) is 0 Å². The third-order valence-corrected chi connectivity index (χ3v) is 2.25. The van der Waals surface area contributed by atoms with E-state index in [2.05, 4.69) is 5.32 Å². The van der Waals surface area contributed by atoms with Gasteiger partial charge in [-0.15, -0.1) is 0 Å². The zero-order valence-electron chi connectivity index (χ0n) is 6.88. The normalized spacial score (nSPS) is 23.0. The van der Waals surface area contributed by atoms with Crippen molar-refractivity contribution in [3.63, 3.8) is 0 Å². The Balaban J connectivity index is 2.35. The summed E-state index contributed by atoms with van der Waals surface area (Å²) in [5.74, 6) is 0.429. The number of carbonyl (C=O) groups excluding carboxylic acids is 1. The second-order valence-electron chi connectivity index (χ2n) is 2.92. The Hall–Kier alpha value is -0.410. The van der Waals surface area contributed by atoms with E-state index in [9.17, 15) is 4.79 Å². The van der Waals surface area contributed by atoms with Crippen LogP contribution in [0.5, 0.6) is 0 Å². The maximum absolute atomic E-state index is 10.5. The van der Waals surface area contributed by atoms with Crippen LogP contribution < -0.4 is 5.32 Å². The Morgan fingerprint density at radius 2 is 2.18 bits per heavy atom. The fraction of sp³-hybridized carbons (Fsp3) is 0.875. The van der Waals surface area contributed by atoms with Crippen LogP contribution in [0, 0.1) is 5.92 Å². The van der Waals surface area contributed by atoms with E-state index in [1.165, 1.54) is 0 Å². The highest BCUT2D eigenvalue weighted by Crippen LogP contribution is 2.16. The summed E-state index contributed by atoms with van der Waals surface area (Å²) in [6, 6.07) is 0. The summed E-state index contributed by atoms with van der Waals surface area (Å²) in [6.07, 6.45) is 2.84. The minimum absolute atomic E-state index is 0.183. The minimum Gasteiger partial charge on any atom is -0.374 e. The first-order chi connectivity index (χ1) is 5.38. The highest BCUT2D eigenvalue weighted by molar-refractivity contribution is 5.56. The Morgan fingerprint density at radius 1 is 1.55 bits per heavy atom. The SMILES string of the molecule is COC(C=O)C1CCNCC1. The second kappa shape index (κ2) is 4.46. The van der Waals surface area contributed by atoms with Crippen LogP contribution in [0.25, 0.3) is 0 Å². The van der Waals surface area contributed by atoms with Gasteiger partial charge in [0, 0.05) is 7.11 Å². The van der Waals surface area contributed by atoms with Crippen molar-refractivity contribution in [3.05, 3.63) is 0 Å². The Bertz CT molecular complexity index is 121. The minimum atomic E-state index is -0.183. The summed E-state index contributed by atoms with van der Waals surface area (Å²) in [7, 11) is 1.60. The number of carbonyl (C=O) groups is 1. The van der Waals surface area contributed by atoms with E-state index in [1.54, 1.807) is 7.11 Å². The van der Waals surface area contributed by atoms with Crippen molar-refractivity contribution in [1.82, 2.24) is 5.32 Å². The Morgan fingerprint density at radius 3 is 2.64 bits per heavy atom. The summed E-state index contributed by atoms with van der Waals surface area (Å²) >= 11 is 0. The van der Waals surface area contributed by atoms with Crippen molar-refractivity contribution < 1.29 is 9.53 Å². The molecule has 0 aliphatic carbocycles. The van der Waals surface area contributed by atoms with Crippen molar-refractivity contribution in [3.8, 4) is 0 Å². The molecule has 0 aromatic rings. The molecule has 11 heavy (non-hydrogen) atoms. The van der Waals surface area contributed by atoms with Gasteiger partial charge in [0.05, 0.1) is 0 Å². The lowest BCUT2D eigenvalue weighted by molar-refractivity contribution is -0.119. The van der Waals surface area contributed by atoms with Crippen LogP contribution in [0.3, 0.4) is 0 Å². The molecule has 0 bridgehead atoms. The molecule has 1 aliphatic rings. The fourth-order valence-electron chi connectivity index (χ4n) is 1.53. The van der Waals surface area contributed by atoms with Crippen LogP contribution >= 0.6 is 0 Å². The quantitative estimate of drug-likeness (QED) is 0.595. The van der Waals surface area contributed by atoms with Gasteiger partial charge in [-0.25, -0.2) is 0 Å². The standard InChI is InChI=1S/C8H15NO2/c1-11-8(6-10)7-2-4-9-5-3-7/h6-9H,2-5H2,1H3. The first kappa shape index (κ1) is 8.68. The lowest BCUT2D eigenvalue weighted by atomic mass is 9.93. The summed E-state index contributed by atoms with van der Waals surface area (Å²) in [5, 5.41) is 3.25. The molecule has 0 spiro atoms. The van der Waals surface area contributed by atoms with Crippen LogP contribution in [-0.4, -0.2) is 32.6 Å².